The number of fused-ring (bicyclic) bond motifs is 3. The van der Waals surface area contributed by atoms with E-state index >= 15 is 0 Å². The molecule has 4 rings (SSSR count). The van der Waals surface area contributed by atoms with E-state index in [9.17, 15) is 4.39 Å². The molecule has 1 aromatic heterocycles. The number of hydrogen-bond acceptors (Lipinski definition) is 2. The monoisotopic (exact) mass is 367 g/mol. The second kappa shape index (κ2) is 6.71. The van der Waals surface area contributed by atoms with E-state index < -0.39 is 0 Å². The van der Waals surface area contributed by atoms with Crippen LogP contribution >= 0.6 is 11.6 Å². The first-order valence-electron chi connectivity index (χ1n) is 8.52. The van der Waals surface area contributed by atoms with Crippen molar-refractivity contribution in [2.24, 2.45) is 0 Å². The summed E-state index contributed by atoms with van der Waals surface area (Å²) in [6, 6.07) is 12.4. The predicted octanol–water partition coefficient (Wildman–Crippen LogP) is 5.06. The minimum atomic E-state index is -0.262. The minimum Gasteiger partial charge on any atom is -0.299 e. The molecule has 0 saturated carbocycles. The fourth-order valence-corrected chi connectivity index (χ4v) is 3.95. The van der Waals surface area contributed by atoms with Crippen LogP contribution in [-0.2, 0) is 6.54 Å². The third-order valence-electron chi connectivity index (χ3n) is 4.83. The van der Waals surface area contributed by atoms with Gasteiger partial charge in [-0.05, 0) is 36.8 Å². The van der Waals surface area contributed by atoms with Crippen LogP contribution in [0, 0.1) is 12.7 Å². The van der Waals surface area contributed by atoms with Gasteiger partial charge in [0.1, 0.15) is 11.6 Å². The third-order valence-corrected chi connectivity index (χ3v) is 5.07. The van der Waals surface area contributed by atoms with E-state index in [1.807, 2.05) is 49.5 Å². The maximum atomic E-state index is 14.7. The van der Waals surface area contributed by atoms with Crippen molar-refractivity contribution in [3.63, 3.8) is 0 Å². The van der Waals surface area contributed by atoms with Gasteiger partial charge >= 0.3 is 0 Å². The third kappa shape index (κ3) is 2.75. The second-order valence-electron chi connectivity index (χ2n) is 6.48. The summed E-state index contributed by atoms with van der Waals surface area (Å²) in [6.45, 7) is 7.12. The fraction of sp³-hybridized carbons (Fsp3) is 0.190. The van der Waals surface area contributed by atoms with Crippen LogP contribution in [0.5, 0.6) is 0 Å². The van der Waals surface area contributed by atoms with Crippen molar-refractivity contribution in [2.75, 3.05) is 6.54 Å². The SMILES string of the molecule is C=CCN1Cc2cnc(C)n2-c2ccc(Cl)cc2C1c1ccccc1F. The molecule has 2 heterocycles. The molecule has 0 saturated heterocycles. The molecule has 1 aliphatic heterocycles. The Morgan fingerprint density at radius 2 is 2.08 bits per heavy atom. The van der Waals surface area contributed by atoms with Crippen LogP contribution in [0.25, 0.3) is 5.69 Å². The van der Waals surface area contributed by atoms with Gasteiger partial charge in [0, 0.05) is 23.7 Å². The summed E-state index contributed by atoms with van der Waals surface area (Å²) < 4.78 is 16.9. The quantitative estimate of drug-likeness (QED) is 0.603. The Morgan fingerprint density at radius 1 is 1.27 bits per heavy atom. The Hall–Kier alpha value is -2.43. The summed E-state index contributed by atoms with van der Waals surface area (Å²) in [4.78, 5) is 6.67. The Labute approximate surface area is 157 Å². The number of halogens is 2. The lowest BCUT2D eigenvalue weighted by Crippen LogP contribution is -2.29. The van der Waals surface area contributed by atoms with Gasteiger partial charge in [0.2, 0.25) is 0 Å². The molecule has 2 aromatic carbocycles. The standard InChI is InChI=1S/C21H19ClFN3/c1-3-10-25-13-16-12-24-14(2)26(16)20-9-8-15(22)11-18(20)21(25)17-6-4-5-7-19(17)23/h3-9,11-12,21H,1,10,13H2,2H3. The zero-order chi connectivity index (χ0) is 18.3. The summed E-state index contributed by atoms with van der Waals surface area (Å²) in [5.74, 6) is 0.676. The first-order valence-corrected chi connectivity index (χ1v) is 8.90. The number of aryl methyl sites for hydroxylation is 1. The van der Waals surface area contributed by atoms with Crippen molar-refractivity contribution < 1.29 is 4.39 Å². The zero-order valence-corrected chi connectivity index (χ0v) is 15.2. The van der Waals surface area contributed by atoms with Crippen molar-refractivity contribution in [1.82, 2.24) is 14.5 Å². The van der Waals surface area contributed by atoms with Gasteiger partial charge in [-0.3, -0.25) is 9.47 Å². The molecule has 5 heteroatoms. The molecule has 0 amide bonds. The van der Waals surface area contributed by atoms with E-state index in [0.29, 0.717) is 23.7 Å². The number of benzene rings is 2. The molecule has 1 atom stereocenters. The molecule has 0 N–H and O–H groups in total. The highest BCUT2D eigenvalue weighted by Gasteiger charge is 2.31. The lowest BCUT2D eigenvalue weighted by molar-refractivity contribution is 0.238. The summed E-state index contributed by atoms with van der Waals surface area (Å²) in [6.07, 6.45) is 3.73. The van der Waals surface area contributed by atoms with Crippen LogP contribution < -0.4 is 0 Å². The molecule has 0 aliphatic carbocycles. The number of aromatic nitrogens is 2. The largest absolute Gasteiger partial charge is 0.299 e. The van der Waals surface area contributed by atoms with Gasteiger partial charge in [-0.2, -0.15) is 0 Å². The summed E-state index contributed by atoms with van der Waals surface area (Å²) in [7, 11) is 0. The van der Waals surface area contributed by atoms with Crippen LogP contribution in [0.2, 0.25) is 5.02 Å². The number of imidazole rings is 1. The highest BCUT2D eigenvalue weighted by Crippen LogP contribution is 2.39. The van der Waals surface area contributed by atoms with Crippen LogP contribution in [-0.4, -0.2) is 21.0 Å². The maximum absolute atomic E-state index is 14.7. The van der Waals surface area contributed by atoms with Gasteiger partial charge in [0.15, 0.2) is 0 Å². The normalized spacial score (nSPS) is 16.7. The maximum Gasteiger partial charge on any atom is 0.128 e. The smallest absolute Gasteiger partial charge is 0.128 e. The predicted molar refractivity (Wildman–Crippen MR) is 102 cm³/mol. The highest BCUT2D eigenvalue weighted by molar-refractivity contribution is 6.30. The lowest BCUT2D eigenvalue weighted by atomic mass is 9.95. The van der Waals surface area contributed by atoms with Crippen LogP contribution in [0.15, 0.2) is 61.3 Å². The van der Waals surface area contributed by atoms with Gasteiger partial charge < -0.3 is 0 Å². The van der Waals surface area contributed by atoms with E-state index in [0.717, 1.165) is 22.8 Å². The highest BCUT2D eigenvalue weighted by atomic mass is 35.5. The van der Waals surface area contributed by atoms with Gasteiger partial charge in [-0.15, -0.1) is 6.58 Å². The van der Waals surface area contributed by atoms with Gasteiger partial charge in [0.05, 0.1) is 23.6 Å². The average Bonchev–Trinajstić information content (AvgIpc) is 2.91. The summed E-state index contributed by atoms with van der Waals surface area (Å²) >= 11 is 6.33. The van der Waals surface area contributed by atoms with Crippen molar-refractivity contribution >= 4 is 11.6 Å². The molecule has 3 nitrogen and oxygen atoms in total. The van der Waals surface area contributed by atoms with Crippen molar-refractivity contribution in [3.05, 3.63) is 94.8 Å². The van der Waals surface area contributed by atoms with Gasteiger partial charge in [-0.1, -0.05) is 35.9 Å². The molecular formula is C21H19ClFN3. The molecule has 0 spiro atoms. The van der Waals surface area contributed by atoms with Crippen LogP contribution in [0.4, 0.5) is 4.39 Å². The van der Waals surface area contributed by atoms with Crippen molar-refractivity contribution in [2.45, 2.75) is 19.5 Å². The topological polar surface area (TPSA) is 21.1 Å². The first-order chi connectivity index (χ1) is 12.6. The Kier molecular flexibility index (Phi) is 4.39. The van der Waals surface area contributed by atoms with E-state index in [-0.39, 0.29) is 11.9 Å². The fourth-order valence-electron chi connectivity index (χ4n) is 3.77. The molecule has 0 fully saturated rings. The van der Waals surface area contributed by atoms with E-state index in [1.54, 1.807) is 6.07 Å². The number of hydrogen-bond donors (Lipinski definition) is 0. The Bertz CT molecular complexity index is 979. The van der Waals surface area contributed by atoms with Crippen LogP contribution in [0.3, 0.4) is 0 Å². The first kappa shape index (κ1) is 17.0. The summed E-state index contributed by atoms with van der Waals surface area (Å²) in [5, 5.41) is 0.630. The second-order valence-corrected chi connectivity index (χ2v) is 6.91. The molecular weight excluding hydrogens is 349 g/mol. The summed E-state index contributed by atoms with van der Waals surface area (Å²) in [5.41, 5.74) is 3.64. The zero-order valence-electron chi connectivity index (χ0n) is 14.5. The average molecular weight is 368 g/mol. The lowest BCUT2D eigenvalue weighted by Gasteiger charge is -2.30. The molecule has 1 aliphatic rings. The van der Waals surface area contributed by atoms with E-state index in [4.69, 9.17) is 11.6 Å². The van der Waals surface area contributed by atoms with Crippen molar-refractivity contribution in [3.8, 4) is 5.69 Å². The van der Waals surface area contributed by atoms with E-state index in [1.165, 1.54) is 6.07 Å². The van der Waals surface area contributed by atoms with Crippen molar-refractivity contribution in [1.29, 1.82) is 0 Å². The Morgan fingerprint density at radius 3 is 2.85 bits per heavy atom. The van der Waals surface area contributed by atoms with E-state index in [2.05, 4.69) is 21.0 Å². The molecule has 3 aromatic rings. The molecule has 0 bridgehead atoms. The molecule has 1 unspecified atom stereocenters. The Balaban J connectivity index is 2.02. The molecule has 26 heavy (non-hydrogen) atoms. The number of rotatable bonds is 3. The van der Waals surface area contributed by atoms with Gasteiger partial charge in [-0.25, -0.2) is 9.37 Å². The minimum absolute atomic E-state index is 0.223. The molecule has 0 radical (unpaired) electrons. The molecule has 132 valence electrons. The number of nitrogens with zero attached hydrogens (tertiary/aromatic N) is 3. The van der Waals surface area contributed by atoms with Gasteiger partial charge in [0.25, 0.3) is 0 Å². The van der Waals surface area contributed by atoms with Crippen LogP contribution in [0.1, 0.15) is 28.7 Å².